The van der Waals surface area contributed by atoms with Gasteiger partial charge in [0.25, 0.3) is 0 Å². The Bertz CT molecular complexity index is 1130. The fourth-order valence-corrected chi connectivity index (χ4v) is 6.64. The summed E-state index contributed by atoms with van der Waals surface area (Å²) in [4.78, 5) is 12.7. The second kappa shape index (κ2) is 19.9. The molecule has 1 amide bonds. The van der Waals surface area contributed by atoms with Crippen LogP contribution in [-0.2, 0) is 33.2 Å². The molecule has 0 bridgehead atoms. The summed E-state index contributed by atoms with van der Waals surface area (Å²) < 4.78 is 35.9. The largest absolute Gasteiger partial charge is 0.394 e. The Morgan fingerprint density at radius 1 is 0.865 bits per heavy atom. The molecule has 302 valence electrons. The Labute approximate surface area is 301 Å². The predicted octanol–water partition coefficient (Wildman–Crippen LogP) is -7.76. The van der Waals surface area contributed by atoms with E-state index in [1.165, 1.54) is 0 Å². The summed E-state index contributed by atoms with van der Waals surface area (Å²) in [5.41, 5.74) is 24.4. The number of carbonyl (C=O) groups is 1. The maximum atomic E-state index is 12.7. The molecule has 21 nitrogen and oxygen atoms in total. The number of nitrogens with one attached hydrogen (secondary N) is 2. The van der Waals surface area contributed by atoms with Crippen LogP contribution in [0.3, 0.4) is 0 Å². The highest BCUT2D eigenvalue weighted by Gasteiger charge is 2.54. The van der Waals surface area contributed by atoms with Gasteiger partial charge in [-0.15, -0.1) is 0 Å². The lowest BCUT2D eigenvalue weighted by Crippen LogP contribution is -2.67. The molecule has 1 aliphatic carbocycles. The summed E-state index contributed by atoms with van der Waals surface area (Å²) in [5, 5.41) is 88.4. The van der Waals surface area contributed by atoms with Gasteiger partial charge in [0.05, 0.1) is 49.7 Å². The van der Waals surface area contributed by atoms with Crippen LogP contribution in [0.5, 0.6) is 0 Å². The third-order valence-corrected chi connectivity index (χ3v) is 9.69. The second-order valence-electron chi connectivity index (χ2n) is 13.6. The molecule has 0 aromatic carbocycles. The van der Waals surface area contributed by atoms with Crippen molar-refractivity contribution in [2.24, 2.45) is 22.9 Å². The molecule has 0 aromatic heterocycles. The molecule has 3 aliphatic heterocycles. The minimum Gasteiger partial charge on any atom is -0.394 e. The van der Waals surface area contributed by atoms with E-state index in [1.54, 1.807) is 19.1 Å². The first-order valence-corrected chi connectivity index (χ1v) is 17.6. The second-order valence-corrected chi connectivity index (χ2v) is 13.6. The molecule has 4 aliphatic rings. The summed E-state index contributed by atoms with van der Waals surface area (Å²) in [5.74, 6) is -0.809. The molecule has 4 rings (SSSR count). The van der Waals surface area contributed by atoms with E-state index in [0.717, 1.165) is 0 Å². The van der Waals surface area contributed by atoms with Crippen LogP contribution >= 0.6 is 0 Å². The quantitative estimate of drug-likeness (QED) is 0.0613. The first kappa shape index (κ1) is 43.2. The highest BCUT2D eigenvalue weighted by Crippen LogP contribution is 2.34. The molecule has 0 spiro atoms. The molecule has 19 atom stereocenters. The van der Waals surface area contributed by atoms with Crippen molar-refractivity contribution in [3.8, 4) is 0 Å². The summed E-state index contributed by atoms with van der Waals surface area (Å²) in [6.45, 7) is 0.958. The Morgan fingerprint density at radius 2 is 1.54 bits per heavy atom. The van der Waals surface area contributed by atoms with Crippen molar-refractivity contribution in [1.82, 2.24) is 10.6 Å². The van der Waals surface area contributed by atoms with Crippen molar-refractivity contribution < 1.29 is 74.1 Å². The van der Waals surface area contributed by atoms with Crippen molar-refractivity contribution in [1.29, 1.82) is 0 Å². The topological polar surface area (TPSA) is 362 Å². The molecule has 0 radical (unpaired) electrons. The highest BCUT2D eigenvalue weighted by atomic mass is 16.8. The molecule has 2 saturated heterocycles. The van der Waals surface area contributed by atoms with E-state index in [4.69, 9.17) is 56.5 Å². The van der Waals surface area contributed by atoms with Gasteiger partial charge in [0.2, 0.25) is 5.91 Å². The van der Waals surface area contributed by atoms with Gasteiger partial charge in [0.15, 0.2) is 18.9 Å². The average molecular weight is 755 g/mol. The Morgan fingerprint density at radius 3 is 2.19 bits per heavy atom. The summed E-state index contributed by atoms with van der Waals surface area (Å²) in [6.07, 6.45) is -15.5. The zero-order chi connectivity index (χ0) is 38.3. The Balaban J connectivity index is 1.53. The van der Waals surface area contributed by atoms with E-state index >= 15 is 0 Å². The number of nitrogens with two attached hydrogens (primary N) is 4. The maximum absolute atomic E-state index is 12.7. The zero-order valence-corrected chi connectivity index (χ0v) is 29.0. The van der Waals surface area contributed by atoms with E-state index in [0.29, 0.717) is 6.42 Å². The standard InChI is InChI=1S/C31H58N6O15/c1-2-18-22(43)23(44)20(35)30(48-18)51-26-19(11-39)49-31(24(26)45)52-27-21(42)16(37-28(46)17(41)5-6-32)7-15(34)25(27)50-29-14(33)4-3-13(47-29)9-36-8-12(40)10-38/h3-4,12-27,29-31,36,38-45H,2,5-11,32-35H2,1H3,(H,37,46). The molecule has 1 saturated carbocycles. The highest BCUT2D eigenvalue weighted by molar-refractivity contribution is 5.80. The first-order valence-electron chi connectivity index (χ1n) is 17.6. The van der Waals surface area contributed by atoms with Crippen molar-refractivity contribution in [2.45, 2.75) is 142 Å². The molecule has 3 fully saturated rings. The Hall–Kier alpha value is -1.55. The lowest BCUT2D eigenvalue weighted by atomic mass is 9.83. The van der Waals surface area contributed by atoms with Crippen LogP contribution in [0.4, 0.5) is 0 Å². The third kappa shape index (κ3) is 10.4. The minimum atomic E-state index is -1.65. The molecule has 3 heterocycles. The summed E-state index contributed by atoms with van der Waals surface area (Å²) in [6, 6.07) is -4.08. The molecule has 52 heavy (non-hydrogen) atoms. The van der Waals surface area contributed by atoms with Crippen molar-refractivity contribution in [3.05, 3.63) is 12.2 Å². The minimum absolute atomic E-state index is 0.0270. The number of amides is 1. The van der Waals surface area contributed by atoms with Crippen LogP contribution in [-0.4, -0.2) is 196 Å². The predicted molar refractivity (Wildman–Crippen MR) is 177 cm³/mol. The van der Waals surface area contributed by atoms with E-state index in [9.17, 15) is 40.5 Å². The van der Waals surface area contributed by atoms with Gasteiger partial charge in [0, 0.05) is 19.1 Å². The van der Waals surface area contributed by atoms with Crippen molar-refractivity contribution in [2.75, 3.05) is 32.8 Å². The fourth-order valence-electron chi connectivity index (χ4n) is 6.64. The van der Waals surface area contributed by atoms with Gasteiger partial charge in [-0.05, 0) is 25.8 Å². The number of aliphatic hydroxyl groups is 8. The number of hydrogen-bond acceptors (Lipinski definition) is 20. The van der Waals surface area contributed by atoms with E-state index < -0.39 is 135 Å². The molecule has 0 aromatic rings. The number of carbonyl (C=O) groups excluding carboxylic acids is 1. The monoisotopic (exact) mass is 754 g/mol. The maximum Gasteiger partial charge on any atom is 0.249 e. The van der Waals surface area contributed by atoms with Crippen LogP contribution < -0.4 is 33.6 Å². The normalized spacial score (nSPS) is 43.7. The lowest BCUT2D eigenvalue weighted by Gasteiger charge is -2.46. The van der Waals surface area contributed by atoms with Crippen LogP contribution in [0.1, 0.15) is 26.2 Å². The average Bonchev–Trinajstić information content (AvgIpc) is 3.42. The van der Waals surface area contributed by atoms with Gasteiger partial charge in [-0.2, -0.15) is 0 Å². The van der Waals surface area contributed by atoms with Gasteiger partial charge in [-0.3, -0.25) is 4.79 Å². The third-order valence-electron chi connectivity index (χ3n) is 9.69. The summed E-state index contributed by atoms with van der Waals surface area (Å²) in [7, 11) is 0. The van der Waals surface area contributed by atoms with Gasteiger partial charge >= 0.3 is 0 Å². The number of ether oxygens (including phenoxy) is 6. The van der Waals surface area contributed by atoms with E-state index in [1.807, 2.05) is 0 Å². The van der Waals surface area contributed by atoms with Gasteiger partial charge in [-0.1, -0.05) is 19.1 Å². The Kier molecular flexibility index (Phi) is 16.5. The number of rotatable bonds is 17. The smallest absolute Gasteiger partial charge is 0.249 e. The molecule has 18 N–H and O–H groups in total. The van der Waals surface area contributed by atoms with E-state index in [-0.39, 0.29) is 32.5 Å². The summed E-state index contributed by atoms with van der Waals surface area (Å²) >= 11 is 0. The van der Waals surface area contributed by atoms with E-state index in [2.05, 4.69) is 10.6 Å². The lowest BCUT2D eigenvalue weighted by molar-refractivity contribution is -0.285. The molecular formula is C31H58N6O15. The molecular weight excluding hydrogens is 696 g/mol. The van der Waals surface area contributed by atoms with Gasteiger partial charge in [0.1, 0.15) is 54.9 Å². The van der Waals surface area contributed by atoms with Crippen molar-refractivity contribution >= 4 is 5.91 Å². The number of aliphatic hydroxyl groups excluding tert-OH is 8. The van der Waals surface area contributed by atoms with Gasteiger partial charge in [-0.25, -0.2) is 0 Å². The number of hydrogen-bond donors (Lipinski definition) is 14. The molecule has 19 unspecified atom stereocenters. The van der Waals surface area contributed by atoms with Crippen LogP contribution in [0.15, 0.2) is 12.2 Å². The molecule has 21 heteroatoms. The van der Waals surface area contributed by atoms with Crippen molar-refractivity contribution in [3.63, 3.8) is 0 Å². The fraction of sp³-hybridized carbons (Fsp3) is 0.903. The van der Waals surface area contributed by atoms with Crippen LogP contribution in [0.25, 0.3) is 0 Å². The van der Waals surface area contributed by atoms with Gasteiger partial charge < -0.3 is 103 Å². The first-order chi connectivity index (χ1) is 24.7. The van der Waals surface area contributed by atoms with Crippen LogP contribution in [0, 0.1) is 0 Å². The zero-order valence-electron chi connectivity index (χ0n) is 29.0. The van der Waals surface area contributed by atoms with Crippen LogP contribution in [0.2, 0.25) is 0 Å². The SMILES string of the molecule is CCC1OC(OC2C(CO)OC(OC3C(O)C(NC(=O)C(O)CCN)CC(N)C3OC3OC(CNCC(O)CO)C=CC3N)C2O)C(N)C(O)C1O.